The van der Waals surface area contributed by atoms with Crippen LogP contribution in [0.4, 0.5) is 10.6 Å². The molecule has 2 fully saturated rings. The van der Waals surface area contributed by atoms with Crippen LogP contribution < -0.4 is 4.90 Å². The molecule has 2 aromatic rings. The Balaban J connectivity index is 1.56. The van der Waals surface area contributed by atoms with Gasteiger partial charge in [-0.25, -0.2) is 19.7 Å². The van der Waals surface area contributed by atoms with E-state index in [-0.39, 0.29) is 18.2 Å². The first-order valence-electron chi connectivity index (χ1n) is 9.55. The predicted molar refractivity (Wildman–Crippen MR) is 115 cm³/mol. The van der Waals surface area contributed by atoms with E-state index < -0.39 is 5.60 Å². The van der Waals surface area contributed by atoms with Crippen molar-refractivity contribution >= 4 is 35.3 Å². The topological polar surface area (TPSA) is 71.5 Å². The smallest absolute Gasteiger partial charge is 0.410 e. The van der Waals surface area contributed by atoms with Crippen LogP contribution in [0.15, 0.2) is 29.6 Å². The zero-order valence-corrected chi connectivity index (χ0v) is 18.5. The van der Waals surface area contributed by atoms with Gasteiger partial charge in [0.05, 0.1) is 17.8 Å². The van der Waals surface area contributed by atoms with Crippen molar-refractivity contribution in [3.05, 3.63) is 29.5 Å². The molecular formula is C20H24ClN5O2S. The van der Waals surface area contributed by atoms with Crippen LogP contribution in [0.3, 0.4) is 0 Å². The maximum absolute atomic E-state index is 12.5. The quantitative estimate of drug-likeness (QED) is 0.409. The second-order valence-electron chi connectivity index (χ2n) is 8.29. The number of amides is 1. The summed E-state index contributed by atoms with van der Waals surface area (Å²) in [5.74, 6) is 0.878. The number of nitrogens with zero attached hydrogens (tertiary/aromatic N) is 5. The third kappa shape index (κ3) is 4.28. The fourth-order valence-electron chi connectivity index (χ4n) is 3.85. The average molecular weight is 434 g/mol. The second-order valence-corrected chi connectivity index (χ2v) is 9.45. The minimum Gasteiger partial charge on any atom is -0.444 e. The lowest BCUT2D eigenvalue weighted by molar-refractivity contribution is 0.0214. The van der Waals surface area contributed by atoms with E-state index >= 15 is 0 Å². The van der Waals surface area contributed by atoms with Gasteiger partial charge in [-0.05, 0) is 45.6 Å². The first-order valence-corrected chi connectivity index (χ1v) is 11.1. The van der Waals surface area contributed by atoms with Gasteiger partial charge in [-0.15, -0.1) is 0 Å². The Bertz CT molecular complexity index is 935. The van der Waals surface area contributed by atoms with Gasteiger partial charge in [0, 0.05) is 30.9 Å². The summed E-state index contributed by atoms with van der Waals surface area (Å²) in [5.41, 5.74) is 1.23. The monoisotopic (exact) mass is 433 g/mol. The summed E-state index contributed by atoms with van der Waals surface area (Å²) in [4.78, 5) is 30.0. The van der Waals surface area contributed by atoms with Gasteiger partial charge < -0.3 is 14.5 Å². The minimum absolute atomic E-state index is 0.140. The molecule has 2 aliphatic heterocycles. The number of carbonyl (C=O) groups is 1. The Kier molecular flexibility index (Phi) is 5.33. The molecule has 0 radical (unpaired) electrons. The summed E-state index contributed by atoms with van der Waals surface area (Å²) < 4.78 is 5.56. The van der Waals surface area contributed by atoms with Gasteiger partial charge in [0.25, 0.3) is 0 Å². The van der Waals surface area contributed by atoms with E-state index in [1.165, 1.54) is 11.8 Å². The number of anilines is 1. The van der Waals surface area contributed by atoms with Crippen molar-refractivity contribution < 1.29 is 9.53 Å². The lowest BCUT2D eigenvalue weighted by Gasteiger charge is -2.35. The van der Waals surface area contributed by atoms with Crippen LogP contribution in [-0.2, 0) is 4.74 Å². The number of piperazine rings is 1. The number of ether oxygens (including phenoxy) is 1. The molecule has 2 aliphatic rings. The van der Waals surface area contributed by atoms with E-state index in [4.69, 9.17) is 21.3 Å². The predicted octanol–water partition coefficient (Wildman–Crippen LogP) is 4.11. The Hall–Kier alpha value is -2.06. The van der Waals surface area contributed by atoms with Crippen molar-refractivity contribution in [3.63, 3.8) is 0 Å². The van der Waals surface area contributed by atoms with Gasteiger partial charge in [0.15, 0.2) is 5.16 Å². The standard InChI is InChI=1S/C20H24ClN5O2S/c1-20(2,3)28-19(27)26-11-13-8-14(26)10-25(13)17-9-15(23-18(24-17)29-4)12-5-6-22-16(21)7-12/h5-7,9,13-14H,8,10-11H2,1-4H3. The van der Waals surface area contributed by atoms with Crippen LogP contribution in [-0.4, -0.2) is 63.0 Å². The van der Waals surface area contributed by atoms with Crippen molar-refractivity contribution in [2.75, 3.05) is 24.2 Å². The van der Waals surface area contributed by atoms with E-state index in [0.717, 1.165) is 30.0 Å². The maximum atomic E-state index is 12.5. The van der Waals surface area contributed by atoms with Crippen molar-refractivity contribution in [2.45, 2.75) is 50.0 Å². The first kappa shape index (κ1) is 20.2. The summed E-state index contributed by atoms with van der Waals surface area (Å²) in [6.07, 6.45) is 4.33. The Morgan fingerprint density at radius 2 is 2.03 bits per heavy atom. The summed E-state index contributed by atoms with van der Waals surface area (Å²) in [6.45, 7) is 7.07. The molecule has 2 aromatic heterocycles. The van der Waals surface area contributed by atoms with Crippen molar-refractivity contribution in [2.24, 2.45) is 0 Å². The maximum Gasteiger partial charge on any atom is 0.410 e. The van der Waals surface area contributed by atoms with Crippen molar-refractivity contribution in [3.8, 4) is 11.3 Å². The van der Waals surface area contributed by atoms with E-state index in [1.54, 1.807) is 12.3 Å². The van der Waals surface area contributed by atoms with Gasteiger partial charge in [0.1, 0.15) is 16.6 Å². The fraction of sp³-hybridized carbons (Fsp3) is 0.500. The van der Waals surface area contributed by atoms with Gasteiger partial charge in [-0.3, -0.25) is 0 Å². The van der Waals surface area contributed by atoms with E-state index in [0.29, 0.717) is 16.9 Å². The van der Waals surface area contributed by atoms with Crippen molar-refractivity contribution in [1.29, 1.82) is 0 Å². The minimum atomic E-state index is -0.487. The Labute approximate surface area is 179 Å². The molecule has 0 aliphatic carbocycles. The molecule has 2 saturated heterocycles. The lowest BCUT2D eigenvalue weighted by Crippen LogP contribution is -2.50. The number of aromatic nitrogens is 3. The summed E-state index contributed by atoms with van der Waals surface area (Å²) in [7, 11) is 0. The Morgan fingerprint density at radius 3 is 2.66 bits per heavy atom. The number of thioether (sulfide) groups is 1. The lowest BCUT2D eigenvalue weighted by atomic mass is 10.2. The molecule has 0 aromatic carbocycles. The second kappa shape index (κ2) is 7.65. The first-order chi connectivity index (χ1) is 13.7. The third-order valence-electron chi connectivity index (χ3n) is 5.06. The molecule has 4 heterocycles. The van der Waals surface area contributed by atoms with Crippen LogP contribution in [0, 0.1) is 0 Å². The van der Waals surface area contributed by atoms with Crippen LogP contribution in [0.25, 0.3) is 11.3 Å². The van der Waals surface area contributed by atoms with Gasteiger partial charge >= 0.3 is 6.09 Å². The fourth-order valence-corrected chi connectivity index (χ4v) is 4.40. The van der Waals surface area contributed by atoms with Crippen LogP contribution in [0.1, 0.15) is 27.2 Å². The molecule has 1 amide bonds. The number of hydrogen-bond donors (Lipinski definition) is 0. The molecule has 0 saturated carbocycles. The molecule has 0 N–H and O–H groups in total. The van der Waals surface area contributed by atoms with Gasteiger partial charge in [-0.2, -0.15) is 0 Å². The number of fused-ring (bicyclic) bond motifs is 2. The number of likely N-dealkylation sites (tertiary alicyclic amines) is 1. The number of rotatable bonds is 3. The molecule has 4 rings (SSSR count). The number of carbonyl (C=O) groups excluding carboxylic acids is 1. The molecule has 9 heteroatoms. The molecule has 7 nitrogen and oxygen atoms in total. The zero-order valence-electron chi connectivity index (χ0n) is 16.9. The van der Waals surface area contributed by atoms with E-state index in [1.807, 2.05) is 44.1 Å². The summed E-state index contributed by atoms with van der Waals surface area (Å²) in [5, 5.41) is 1.14. The zero-order chi connectivity index (χ0) is 20.8. The third-order valence-corrected chi connectivity index (χ3v) is 5.81. The van der Waals surface area contributed by atoms with Gasteiger partial charge in [0.2, 0.25) is 0 Å². The Morgan fingerprint density at radius 1 is 1.24 bits per heavy atom. The van der Waals surface area contributed by atoms with Crippen LogP contribution in [0.2, 0.25) is 5.15 Å². The average Bonchev–Trinajstić information content (AvgIpc) is 3.27. The van der Waals surface area contributed by atoms with E-state index in [9.17, 15) is 4.79 Å². The molecular weight excluding hydrogens is 410 g/mol. The summed E-state index contributed by atoms with van der Waals surface area (Å²) >= 11 is 7.56. The molecule has 2 bridgehead atoms. The number of pyridine rings is 1. The largest absolute Gasteiger partial charge is 0.444 e. The van der Waals surface area contributed by atoms with Crippen LogP contribution in [0.5, 0.6) is 0 Å². The van der Waals surface area contributed by atoms with E-state index in [2.05, 4.69) is 14.9 Å². The molecule has 154 valence electrons. The number of hydrogen-bond acceptors (Lipinski definition) is 7. The molecule has 0 spiro atoms. The highest BCUT2D eigenvalue weighted by Crippen LogP contribution is 2.36. The normalized spacial score (nSPS) is 21.0. The molecule has 2 atom stereocenters. The highest BCUT2D eigenvalue weighted by Gasteiger charge is 2.47. The summed E-state index contributed by atoms with van der Waals surface area (Å²) in [6, 6.07) is 6.05. The van der Waals surface area contributed by atoms with Gasteiger partial charge in [-0.1, -0.05) is 23.4 Å². The SMILES string of the molecule is CSc1nc(-c2ccnc(Cl)c2)cc(N2CC3CC2CN3C(=O)OC(C)(C)C)n1. The van der Waals surface area contributed by atoms with Crippen LogP contribution >= 0.6 is 23.4 Å². The number of halogens is 1. The molecule has 29 heavy (non-hydrogen) atoms. The highest BCUT2D eigenvalue weighted by atomic mass is 35.5. The highest BCUT2D eigenvalue weighted by molar-refractivity contribution is 7.98. The van der Waals surface area contributed by atoms with Crippen molar-refractivity contribution in [1.82, 2.24) is 19.9 Å². The molecule has 2 unspecified atom stereocenters.